The van der Waals surface area contributed by atoms with Gasteiger partial charge in [0.15, 0.2) is 5.13 Å². The van der Waals surface area contributed by atoms with Gasteiger partial charge in [-0.2, -0.15) is 0 Å². The molecular weight excluding hydrogens is 494 g/mol. The lowest BCUT2D eigenvalue weighted by atomic mass is 9.95. The largest absolute Gasteiger partial charge is 0.507 e. The van der Waals surface area contributed by atoms with Crippen LogP contribution in [0.5, 0.6) is 5.75 Å². The van der Waals surface area contributed by atoms with Gasteiger partial charge in [0, 0.05) is 24.4 Å². The van der Waals surface area contributed by atoms with E-state index >= 15 is 0 Å². The molecule has 1 aromatic carbocycles. The van der Waals surface area contributed by atoms with Crippen LogP contribution in [0.4, 0.5) is 5.13 Å². The lowest BCUT2D eigenvalue weighted by molar-refractivity contribution is -0.132. The zero-order chi connectivity index (χ0) is 26.3. The Labute approximate surface area is 216 Å². The van der Waals surface area contributed by atoms with Gasteiger partial charge in [0.25, 0.3) is 5.78 Å². The minimum Gasteiger partial charge on any atom is -0.507 e. The van der Waals surface area contributed by atoms with Crippen molar-refractivity contribution < 1.29 is 29.0 Å². The van der Waals surface area contributed by atoms with Crippen LogP contribution in [0.15, 0.2) is 61.0 Å². The Morgan fingerprint density at radius 2 is 2.16 bits per heavy atom. The van der Waals surface area contributed by atoms with Crippen LogP contribution in [0, 0.1) is 6.92 Å². The maximum atomic E-state index is 13.4. The molecule has 2 aliphatic rings. The number of pyridine rings is 1. The highest BCUT2D eigenvalue weighted by atomic mass is 32.1. The van der Waals surface area contributed by atoms with Crippen molar-refractivity contribution in [3.63, 3.8) is 0 Å². The smallest absolute Gasteiger partial charge is 0.350 e. The number of rotatable bonds is 6. The molecule has 0 saturated carbocycles. The number of aliphatic hydroxyl groups is 1. The highest BCUT2D eigenvalue weighted by molar-refractivity contribution is 7.17. The summed E-state index contributed by atoms with van der Waals surface area (Å²) in [6.45, 7) is 7.12. The summed E-state index contributed by atoms with van der Waals surface area (Å²) >= 11 is 0.937. The van der Waals surface area contributed by atoms with E-state index in [1.165, 1.54) is 17.2 Å². The van der Waals surface area contributed by atoms with Gasteiger partial charge in [-0.15, -0.1) is 0 Å². The second-order valence-corrected chi connectivity index (χ2v) is 9.69. The molecule has 37 heavy (non-hydrogen) atoms. The number of anilines is 1. The highest BCUT2D eigenvalue weighted by Crippen LogP contribution is 2.44. The average Bonchev–Trinajstić information content (AvgIpc) is 3.54. The predicted molar refractivity (Wildman–Crippen MR) is 137 cm³/mol. The second kappa shape index (κ2) is 9.62. The number of benzene rings is 1. The number of carbonyl (C=O) groups excluding carboxylic acids is 3. The lowest BCUT2D eigenvalue weighted by Crippen LogP contribution is -2.29. The van der Waals surface area contributed by atoms with Crippen LogP contribution in [0.3, 0.4) is 0 Å². The van der Waals surface area contributed by atoms with E-state index in [4.69, 9.17) is 9.47 Å². The Hall–Kier alpha value is -4.31. The fraction of sp³-hybridized carbons (Fsp3) is 0.222. The van der Waals surface area contributed by atoms with Crippen molar-refractivity contribution in [2.75, 3.05) is 11.5 Å². The van der Waals surface area contributed by atoms with Crippen molar-refractivity contribution in [1.29, 1.82) is 0 Å². The van der Waals surface area contributed by atoms with Gasteiger partial charge in [-0.25, -0.2) is 9.78 Å². The van der Waals surface area contributed by atoms with Crippen molar-refractivity contribution in [2.45, 2.75) is 32.4 Å². The first kappa shape index (κ1) is 24.4. The molecule has 9 nitrogen and oxygen atoms in total. The number of hydrogen-bond acceptors (Lipinski definition) is 9. The van der Waals surface area contributed by atoms with E-state index in [0.29, 0.717) is 23.2 Å². The van der Waals surface area contributed by atoms with Crippen molar-refractivity contribution >= 4 is 39.9 Å². The number of fused-ring (bicyclic) bond motifs is 1. The van der Waals surface area contributed by atoms with Gasteiger partial charge < -0.3 is 14.6 Å². The minimum absolute atomic E-state index is 0.00822. The fourth-order valence-electron chi connectivity index (χ4n) is 4.48. The molecule has 1 saturated heterocycles. The van der Waals surface area contributed by atoms with Crippen molar-refractivity contribution in [3.05, 3.63) is 88.2 Å². The second-order valence-electron chi connectivity index (χ2n) is 8.71. The van der Waals surface area contributed by atoms with E-state index in [1.54, 1.807) is 43.5 Å². The molecule has 1 amide bonds. The Morgan fingerprint density at radius 1 is 1.35 bits per heavy atom. The summed E-state index contributed by atoms with van der Waals surface area (Å²) in [5.74, 6) is -1.92. The fourth-order valence-corrected chi connectivity index (χ4v) is 5.47. The third kappa shape index (κ3) is 4.29. The molecule has 2 atom stereocenters. The average molecular weight is 518 g/mol. The number of nitrogens with zero attached hydrogens (tertiary/aromatic N) is 3. The highest BCUT2D eigenvalue weighted by Gasteiger charge is 2.48. The van der Waals surface area contributed by atoms with Gasteiger partial charge in [-0.05, 0) is 49.2 Å². The van der Waals surface area contributed by atoms with E-state index in [1.807, 2.05) is 6.92 Å². The molecule has 0 radical (unpaired) electrons. The maximum absolute atomic E-state index is 13.4. The Bertz CT molecular complexity index is 1460. The van der Waals surface area contributed by atoms with Gasteiger partial charge in [0.1, 0.15) is 29.1 Å². The number of carbonyl (C=O) groups is 3. The van der Waals surface area contributed by atoms with E-state index in [-0.39, 0.29) is 34.1 Å². The Kier molecular flexibility index (Phi) is 6.34. The SMILES string of the molecule is C=CCOC(=O)c1sc(N2C(=O)C(=O)C(=C(O)c3ccc4c(c3)C[C@@H](C)O4)[C@@H]2c2cccnc2)nc1C. The standard InChI is InChI=1S/C27H23N3O6S/c1-4-10-35-26(34)24-15(3)29-27(37-24)30-21(17-6-5-9-28-13-17)20(23(32)25(30)33)22(31)16-7-8-19-18(12-16)11-14(2)36-19/h4-9,12-14,21,31H,1,10-11H2,2-3H3/t14-,21+/m1/s1. The van der Waals surface area contributed by atoms with Crippen molar-refractivity contribution in [3.8, 4) is 5.75 Å². The van der Waals surface area contributed by atoms with Crippen LogP contribution in [-0.4, -0.2) is 45.4 Å². The number of hydrogen-bond donors (Lipinski definition) is 1. The Morgan fingerprint density at radius 3 is 2.89 bits per heavy atom. The molecule has 188 valence electrons. The summed E-state index contributed by atoms with van der Waals surface area (Å²) in [6, 6.07) is 7.55. The first-order valence-electron chi connectivity index (χ1n) is 11.6. The number of aliphatic hydroxyl groups excluding tert-OH is 1. The number of amides is 1. The number of ether oxygens (including phenoxy) is 2. The van der Waals surface area contributed by atoms with Crippen molar-refractivity contribution in [2.24, 2.45) is 0 Å². The summed E-state index contributed by atoms with van der Waals surface area (Å²) in [6.07, 6.45) is 5.21. The van der Waals surface area contributed by atoms with E-state index < -0.39 is 23.7 Å². The molecule has 0 aliphatic carbocycles. The number of esters is 1. The first-order valence-corrected chi connectivity index (χ1v) is 12.4. The summed E-state index contributed by atoms with van der Waals surface area (Å²) in [7, 11) is 0. The molecule has 0 spiro atoms. The predicted octanol–water partition coefficient (Wildman–Crippen LogP) is 4.14. The number of Topliss-reactive ketones (excluding diaryl/α,β-unsaturated/α-hetero) is 1. The summed E-state index contributed by atoms with van der Waals surface area (Å²) in [5.41, 5.74) is 2.07. The molecule has 2 aliphatic heterocycles. The van der Waals surface area contributed by atoms with Crippen LogP contribution in [0.1, 0.15) is 45.0 Å². The number of aromatic nitrogens is 2. The maximum Gasteiger partial charge on any atom is 0.350 e. The summed E-state index contributed by atoms with van der Waals surface area (Å²) < 4.78 is 10.9. The number of aryl methyl sites for hydroxylation is 1. The normalized spacial score (nSPS) is 20.0. The zero-order valence-corrected chi connectivity index (χ0v) is 20.9. The van der Waals surface area contributed by atoms with Crippen LogP contribution in [-0.2, 0) is 20.7 Å². The van der Waals surface area contributed by atoms with Gasteiger partial charge >= 0.3 is 11.9 Å². The quantitative estimate of drug-likeness (QED) is 0.170. The molecule has 0 bridgehead atoms. The minimum atomic E-state index is -1.00. The molecule has 10 heteroatoms. The van der Waals surface area contributed by atoms with Crippen LogP contribution < -0.4 is 9.64 Å². The van der Waals surface area contributed by atoms with Gasteiger partial charge in [0.2, 0.25) is 0 Å². The third-order valence-electron chi connectivity index (χ3n) is 6.12. The van der Waals surface area contributed by atoms with Gasteiger partial charge in [-0.3, -0.25) is 19.5 Å². The molecule has 2 aromatic heterocycles. The van der Waals surface area contributed by atoms with Crippen molar-refractivity contribution in [1.82, 2.24) is 9.97 Å². The van der Waals surface area contributed by atoms with Gasteiger partial charge in [0.05, 0.1) is 17.3 Å². The molecule has 3 aromatic rings. The Balaban J connectivity index is 1.63. The van der Waals surface area contributed by atoms with Crippen LogP contribution >= 0.6 is 11.3 Å². The lowest BCUT2D eigenvalue weighted by Gasteiger charge is -2.22. The number of ketones is 1. The monoisotopic (exact) mass is 517 g/mol. The summed E-state index contributed by atoms with van der Waals surface area (Å²) in [5, 5.41) is 11.5. The molecule has 5 rings (SSSR count). The van der Waals surface area contributed by atoms with E-state index in [9.17, 15) is 19.5 Å². The summed E-state index contributed by atoms with van der Waals surface area (Å²) in [4.78, 5) is 49.2. The van der Waals surface area contributed by atoms with Crippen LogP contribution in [0.2, 0.25) is 0 Å². The third-order valence-corrected chi connectivity index (χ3v) is 7.26. The molecular formula is C27H23N3O6S. The molecule has 0 unspecified atom stereocenters. The van der Waals surface area contributed by atoms with Gasteiger partial charge in [-0.1, -0.05) is 30.1 Å². The molecule has 4 heterocycles. The topological polar surface area (TPSA) is 119 Å². The van der Waals surface area contributed by atoms with E-state index in [0.717, 1.165) is 22.6 Å². The zero-order valence-electron chi connectivity index (χ0n) is 20.1. The molecule has 1 fully saturated rings. The van der Waals surface area contributed by atoms with E-state index in [2.05, 4.69) is 16.5 Å². The van der Waals surface area contributed by atoms with Crippen LogP contribution in [0.25, 0.3) is 5.76 Å². The first-order chi connectivity index (χ1) is 17.8. The number of thiazole rings is 1. The molecule has 1 N–H and O–H groups in total.